The molecule has 4 nitrogen and oxygen atoms in total. The van der Waals surface area contributed by atoms with E-state index in [1.807, 2.05) is 13.8 Å². The van der Waals surface area contributed by atoms with Gasteiger partial charge in [-0.25, -0.2) is 12.7 Å². The SMILES string of the molecule is Cc1ccc(N(C(=O)C(C)C)S(=O)(=O)c2ccc(C)cc2)cc1. The normalized spacial score (nSPS) is 11.5. The van der Waals surface area contributed by atoms with Crippen LogP contribution in [0.4, 0.5) is 5.69 Å². The lowest BCUT2D eigenvalue weighted by atomic mass is 10.2. The van der Waals surface area contributed by atoms with E-state index in [1.165, 1.54) is 12.1 Å². The lowest BCUT2D eigenvalue weighted by molar-refractivity contribution is -0.120. The Balaban J connectivity index is 2.59. The second-order valence-electron chi connectivity index (χ2n) is 5.91. The van der Waals surface area contributed by atoms with Crippen molar-refractivity contribution in [2.24, 2.45) is 5.92 Å². The molecule has 5 heteroatoms. The van der Waals surface area contributed by atoms with E-state index < -0.39 is 21.8 Å². The van der Waals surface area contributed by atoms with Crippen LogP contribution in [0, 0.1) is 19.8 Å². The standard InChI is InChI=1S/C18H21NO3S/c1-13(2)18(20)19(16-9-5-14(3)6-10-16)23(21,22)17-11-7-15(4)8-12-17/h5-13H,1-4H3. The number of hydrogen-bond acceptors (Lipinski definition) is 3. The Kier molecular flexibility index (Phi) is 4.90. The number of sulfonamides is 1. The lowest BCUT2D eigenvalue weighted by Gasteiger charge is -2.24. The molecule has 0 unspecified atom stereocenters. The van der Waals surface area contributed by atoms with Gasteiger partial charge in [-0.2, -0.15) is 0 Å². The Morgan fingerprint density at radius 1 is 0.870 bits per heavy atom. The smallest absolute Gasteiger partial charge is 0.270 e. The van der Waals surface area contributed by atoms with E-state index in [9.17, 15) is 13.2 Å². The third-order valence-electron chi connectivity index (χ3n) is 3.52. The molecule has 0 aliphatic heterocycles. The summed E-state index contributed by atoms with van der Waals surface area (Å²) in [6, 6.07) is 13.4. The van der Waals surface area contributed by atoms with Gasteiger partial charge in [0, 0.05) is 5.92 Å². The van der Waals surface area contributed by atoms with Gasteiger partial charge in [0.2, 0.25) is 5.91 Å². The molecule has 0 radical (unpaired) electrons. The second kappa shape index (κ2) is 6.54. The highest BCUT2D eigenvalue weighted by Gasteiger charge is 2.32. The Morgan fingerprint density at radius 2 is 1.30 bits per heavy atom. The highest BCUT2D eigenvalue weighted by atomic mass is 32.2. The van der Waals surface area contributed by atoms with Crippen LogP contribution in [0.25, 0.3) is 0 Å². The summed E-state index contributed by atoms with van der Waals surface area (Å²) in [6.07, 6.45) is 0. The minimum Gasteiger partial charge on any atom is -0.273 e. The molecule has 122 valence electrons. The van der Waals surface area contributed by atoms with Crippen LogP contribution in [-0.2, 0) is 14.8 Å². The van der Waals surface area contributed by atoms with Crippen molar-refractivity contribution in [3.8, 4) is 0 Å². The van der Waals surface area contributed by atoms with Crippen molar-refractivity contribution in [2.75, 3.05) is 4.31 Å². The minimum absolute atomic E-state index is 0.109. The number of nitrogens with zero attached hydrogens (tertiary/aromatic N) is 1. The molecule has 0 aliphatic carbocycles. The zero-order valence-corrected chi connectivity index (χ0v) is 14.6. The van der Waals surface area contributed by atoms with Crippen LogP contribution in [0.5, 0.6) is 0 Å². The van der Waals surface area contributed by atoms with Crippen molar-refractivity contribution in [1.82, 2.24) is 0 Å². The summed E-state index contributed by atoms with van der Waals surface area (Å²) in [5.41, 5.74) is 2.31. The monoisotopic (exact) mass is 331 g/mol. The Morgan fingerprint density at radius 3 is 1.74 bits per heavy atom. The average molecular weight is 331 g/mol. The van der Waals surface area contributed by atoms with Crippen molar-refractivity contribution < 1.29 is 13.2 Å². The largest absolute Gasteiger partial charge is 0.273 e. The van der Waals surface area contributed by atoms with Crippen LogP contribution in [0.15, 0.2) is 53.4 Å². The van der Waals surface area contributed by atoms with E-state index >= 15 is 0 Å². The number of amides is 1. The third kappa shape index (κ3) is 3.62. The van der Waals surface area contributed by atoms with Crippen LogP contribution in [0.2, 0.25) is 0 Å². The predicted octanol–water partition coefficient (Wildman–Crippen LogP) is 3.68. The van der Waals surface area contributed by atoms with Crippen LogP contribution in [-0.4, -0.2) is 14.3 Å². The molecule has 0 saturated heterocycles. The molecule has 0 atom stereocenters. The fourth-order valence-corrected chi connectivity index (χ4v) is 3.65. The van der Waals surface area contributed by atoms with Gasteiger partial charge in [-0.1, -0.05) is 49.2 Å². The first-order valence-electron chi connectivity index (χ1n) is 7.46. The quantitative estimate of drug-likeness (QED) is 0.859. The molecule has 0 heterocycles. The van der Waals surface area contributed by atoms with E-state index in [-0.39, 0.29) is 4.90 Å². The molecule has 23 heavy (non-hydrogen) atoms. The molecule has 0 bridgehead atoms. The maximum absolute atomic E-state index is 13.0. The zero-order valence-electron chi connectivity index (χ0n) is 13.8. The number of carbonyl (C=O) groups is 1. The summed E-state index contributed by atoms with van der Waals surface area (Å²) in [4.78, 5) is 12.7. The van der Waals surface area contributed by atoms with Crippen molar-refractivity contribution in [1.29, 1.82) is 0 Å². The third-order valence-corrected chi connectivity index (χ3v) is 5.26. The summed E-state index contributed by atoms with van der Waals surface area (Å²) in [5.74, 6) is -0.883. The highest BCUT2D eigenvalue weighted by molar-refractivity contribution is 7.93. The molecular weight excluding hydrogens is 310 g/mol. The molecular formula is C18H21NO3S. The molecule has 0 aliphatic rings. The van der Waals surface area contributed by atoms with E-state index in [1.54, 1.807) is 50.2 Å². The molecule has 0 N–H and O–H groups in total. The van der Waals surface area contributed by atoms with Gasteiger partial charge in [0.05, 0.1) is 10.6 Å². The minimum atomic E-state index is -3.94. The number of anilines is 1. The van der Waals surface area contributed by atoms with Crippen LogP contribution in [0.1, 0.15) is 25.0 Å². The topological polar surface area (TPSA) is 54.5 Å². The van der Waals surface area contributed by atoms with Crippen LogP contribution in [0.3, 0.4) is 0 Å². The first-order valence-corrected chi connectivity index (χ1v) is 8.90. The summed E-state index contributed by atoms with van der Waals surface area (Å²) in [6.45, 7) is 7.17. The van der Waals surface area contributed by atoms with E-state index in [4.69, 9.17) is 0 Å². The molecule has 1 amide bonds. The Labute approximate surface area is 137 Å². The average Bonchev–Trinajstić information content (AvgIpc) is 2.49. The molecule has 0 fully saturated rings. The van der Waals surface area contributed by atoms with Gasteiger partial charge >= 0.3 is 0 Å². The van der Waals surface area contributed by atoms with Crippen LogP contribution >= 0.6 is 0 Å². The van der Waals surface area contributed by atoms with E-state index in [2.05, 4.69) is 0 Å². The van der Waals surface area contributed by atoms with Gasteiger partial charge < -0.3 is 0 Å². The first kappa shape index (κ1) is 17.2. The van der Waals surface area contributed by atoms with Gasteiger partial charge in [-0.15, -0.1) is 0 Å². The van der Waals surface area contributed by atoms with Gasteiger partial charge in [0.25, 0.3) is 10.0 Å². The van der Waals surface area contributed by atoms with Gasteiger partial charge in [0.1, 0.15) is 0 Å². The Hall–Kier alpha value is -2.14. The van der Waals surface area contributed by atoms with Crippen molar-refractivity contribution in [2.45, 2.75) is 32.6 Å². The van der Waals surface area contributed by atoms with E-state index in [0.717, 1.165) is 15.4 Å². The summed E-state index contributed by atoms with van der Waals surface area (Å²) in [7, 11) is -3.94. The predicted molar refractivity (Wildman–Crippen MR) is 91.9 cm³/mol. The lowest BCUT2D eigenvalue weighted by Crippen LogP contribution is -2.39. The fourth-order valence-electron chi connectivity index (χ4n) is 2.11. The number of benzene rings is 2. The number of aryl methyl sites for hydroxylation is 2. The summed E-state index contributed by atoms with van der Waals surface area (Å²) < 4.78 is 26.9. The second-order valence-corrected chi connectivity index (χ2v) is 7.70. The number of rotatable bonds is 4. The van der Waals surface area contributed by atoms with Gasteiger partial charge in [-0.05, 0) is 38.1 Å². The van der Waals surface area contributed by atoms with Crippen molar-refractivity contribution >= 4 is 21.6 Å². The molecule has 2 aromatic rings. The molecule has 0 spiro atoms. The molecule has 2 rings (SSSR count). The Bertz CT molecular complexity index is 791. The van der Waals surface area contributed by atoms with Gasteiger partial charge in [0.15, 0.2) is 0 Å². The number of hydrogen-bond donors (Lipinski definition) is 0. The number of carbonyl (C=O) groups excluding carboxylic acids is 1. The van der Waals surface area contributed by atoms with Crippen molar-refractivity contribution in [3.05, 3.63) is 59.7 Å². The molecule has 0 saturated carbocycles. The summed E-state index contributed by atoms with van der Waals surface area (Å²) in [5, 5.41) is 0. The highest BCUT2D eigenvalue weighted by Crippen LogP contribution is 2.26. The molecule has 0 aromatic heterocycles. The van der Waals surface area contributed by atoms with Crippen LogP contribution < -0.4 is 4.31 Å². The van der Waals surface area contributed by atoms with Crippen molar-refractivity contribution in [3.63, 3.8) is 0 Å². The van der Waals surface area contributed by atoms with Gasteiger partial charge in [-0.3, -0.25) is 4.79 Å². The maximum atomic E-state index is 13.0. The van der Waals surface area contributed by atoms with E-state index in [0.29, 0.717) is 5.69 Å². The fraction of sp³-hybridized carbons (Fsp3) is 0.278. The maximum Gasteiger partial charge on any atom is 0.270 e. The summed E-state index contributed by atoms with van der Waals surface area (Å²) >= 11 is 0. The molecule has 2 aromatic carbocycles. The zero-order chi connectivity index (χ0) is 17.2. The first-order chi connectivity index (χ1) is 10.7.